The van der Waals surface area contributed by atoms with Crippen LogP contribution in [0.2, 0.25) is 0 Å². The second kappa shape index (κ2) is 6.23. The summed E-state index contributed by atoms with van der Waals surface area (Å²) in [6.45, 7) is 2.15. The molecule has 2 N–H and O–H groups in total. The van der Waals surface area contributed by atoms with Gasteiger partial charge in [-0.1, -0.05) is 38.3 Å². The average Bonchev–Trinajstić information content (AvgIpc) is 2.29. The molecule has 0 amide bonds. The normalized spacial score (nSPS) is 12.4. The Morgan fingerprint density at radius 1 is 1.31 bits per heavy atom. The lowest BCUT2D eigenvalue weighted by molar-refractivity contribution is -0.384. The molecule has 0 aliphatic heterocycles. The second-order valence-corrected chi connectivity index (χ2v) is 3.95. The standard InChI is InChI=1S/C12H18N2O2/c1-2-3-4-5-12(13)10-6-8-11(9-7-10)14(15)16/h6-9,12H,2-5,13H2,1H3. The van der Waals surface area contributed by atoms with E-state index in [1.54, 1.807) is 12.1 Å². The van der Waals surface area contributed by atoms with Gasteiger partial charge in [-0.2, -0.15) is 0 Å². The van der Waals surface area contributed by atoms with Crippen molar-refractivity contribution in [3.8, 4) is 0 Å². The highest BCUT2D eigenvalue weighted by Crippen LogP contribution is 2.20. The Balaban J connectivity index is 2.56. The third kappa shape index (κ3) is 3.62. The molecule has 0 radical (unpaired) electrons. The van der Waals surface area contributed by atoms with Gasteiger partial charge in [0.05, 0.1) is 4.92 Å². The lowest BCUT2D eigenvalue weighted by Gasteiger charge is -2.11. The zero-order valence-electron chi connectivity index (χ0n) is 9.56. The van der Waals surface area contributed by atoms with Gasteiger partial charge in [0.1, 0.15) is 0 Å². The number of nitrogens with zero attached hydrogens (tertiary/aromatic N) is 1. The van der Waals surface area contributed by atoms with E-state index in [1.165, 1.54) is 25.0 Å². The van der Waals surface area contributed by atoms with Gasteiger partial charge in [-0.3, -0.25) is 10.1 Å². The summed E-state index contributed by atoms with van der Waals surface area (Å²) in [5, 5.41) is 10.5. The van der Waals surface area contributed by atoms with Crippen LogP contribution in [0.25, 0.3) is 0 Å². The quantitative estimate of drug-likeness (QED) is 0.456. The van der Waals surface area contributed by atoms with Crippen LogP contribution in [0.5, 0.6) is 0 Å². The predicted molar refractivity (Wildman–Crippen MR) is 64.2 cm³/mol. The predicted octanol–water partition coefficient (Wildman–Crippen LogP) is 3.17. The summed E-state index contributed by atoms with van der Waals surface area (Å²) < 4.78 is 0. The zero-order valence-corrected chi connectivity index (χ0v) is 9.56. The van der Waals surface area contributed by atoms with Crippen LogP contribution in [0.3, 0.4) is 0 Å². The number of unbranched alkanes of at least 4 members (excludes halogenated alkanes) is 2. The van der Waals surface area contributed by atoms with Gasteiger partial charge in [-0.25, -0.2) is 0 Å². The third-order valence-corrected chi connectivity index (χ3v) is 2.65. The Bertz CT molecular complexity index is 335. The Labute approximate surface area is 95.6 Å². The molecule has 0 heterocycles. The molecule has 0 aromatic heterocycles. The molecule has 0 bridgehead atoms. The maximum Gasteiger partial charge on any atom is 0.269 e. The summed E-state index contributed by atoms with van der Waals surface area (Å²) in [4.78, 5) is 10.1. The minimum Gasteiger partial charge on any atom is -0.324 e. The van der Waals surface area contributed by atoms with Gasteiger partial charge in [-0.05, 0) is 12.0 Å². The van der Waals surface area contributed by atoms with Crippen LogP contribution >= 0.6 is 0 Å². The van der Waals surface area contributed by atoms with E-state index in [1.807, 2.05) is 0 Å². The highest BCUT2D eigenvalue weighted by Gasteiger charge is 2.08. The molecule has 1 aromatic carbocycles. The molecule has 4 heteroatoms. The summed E-state index contributed by atoms with van der Waals surface area (Å²) in [5.74, 6) is 0. The van der Waals surface area contributed by atoms with Crippen LogP contribution < -0.4 is 5.73 Å². The topological polar surface area (TPSA) is 69.2 Å². The molecule has 0 saturated heterocycles. The first-order chi connectivity index (χ1) is 7.65. The van der Waals surface area contributed by atoms with Crippen molar-refractivity contribution in [2.45, 2.75) is 38.6 Å². The van der Waals surface area contributed by atoms with Gasteiger partial charge >= 0.3 is 0 Å². The van der Waals surface area contributed by atoms with Gasteiger partial charge in [0.15, 0.2) is 0 Å². The summed E-state index contributed by atoms with van der Waals surface area (Å²) >= 11 is 0. The molecule has 16 heavy (non-hydrogen) atoms. The Morgan fingerprint density at radius 2 is 1.94 bits per heavy atom. The minimum atomic E-state index is -0.396. The highest BCUT2D eigenvalue weighted by atomic mass is 16.6. The summed E-state index contributed by atoms with van der Waals surface area (Å²) in [6, 6.07) is 6.50. The van der Waals surface area contributed by atoms with Crippen LogP contribution in [-0.2, 0) is 0 Å². The smallest absolute Gasteiger partial charge is 0.269 e. The average molecular weight is 222 g/mol. The molecule has 0 spiro atoms. The molecule has 0 saturated carbocycles. The van der Waals surface area contributed by atoms with Crippen LogP contribution in [-0.4, -0.2) is 4.92 Å². The number of rotatable bonds is 6. The van der Waals surface area contributed by atoms with Crippen LogP contribution in [0.15, 0.2) is 24.3 Å². The largest absolute Gasteiger partial charge is 0.324 e. The number of benzene rings is 1. The van der Waals surface area contributed by atoms with Gasteiger partial charge in [0, 0.05) is 18.2 Å². The van der Waals surface area contributed by atoms with E-state index in [9.17, 15) is 10.1 Å². The fourth-order valence-electron chi connectivity index (χ4n) is 1.62. The van der Waals surface area contributed by atoms with E-state index < -0.39 is 4.92 Å². The monoisotopic (exact) mass is 222 g/mol. The molecule has 0 aliphatic carbocycles. The molecule has 0 fully saturated rings. The maximum atomic E-state index is 10.5. The van der Waals surface area contributed by atoms with Crippen LogP contribution in [0.4, 0.5) is 5.69 Å². The fourth-order valence-corrected chi connectivity index (χ4v) is 1.62. The van der Waals surface area contributed by atoms with E-state index >= 15 is 0 Å². The van der Waals surface area contributed by atoms with Gasteiger partial charge < -0.3 is 5.73 Å². The van der Waals surface area contributed by atoms with Crippen molar-refractivity contribution in [1.29, 1.82) is 0 Å². The van der Waals surface area contributed by atoms with Gasteiger partial charge in [-0.15, -0.1) is 0 Å². The molecule has 1 unspecified atom stereocenters. The number of hydrogen-bond acceptors (Lipinski definition) is 3. The lowest BCUT2D eigenvalue weighted by atomic mass is 10.0. The van der Waals surface area contributed by atoms with Gasteiger partial charge in [0.2, 0.25) is 0 Å². The summed E-state index contributed by atoms with van der Waals surface area (Å²) in [7, 11) is 0. The molecular formula is C12H18N2O2. The van der Waals surface area contributed by atoms with Crippen molar-refractivity contribution in [2.75, 3.05) is 0 Å². The minimum absolute atomic E-state index is 0.00708. The fraction of sp³-hybridized carbons (Fsp3) is 0.500. The van der Waals surface area contributed by atoms with Crippen LogP contribution in [0, 0.1) is 10.1 Å². The number of nitro benzene ring substituents is 1. The number of non-ortho nitro benzene ring substituents is 1. The van der Waals surface area contributed by atoms with Crippen LogP contribution in [0.1, 0.15) is 44.2 Å². The number of nitrogens with two attached hydrogens (primary N) is 1. The molecule has 1 aromatic rings. The van der Waals surface area contributed by atoms with Gasteiger partial charge in [0.25, 0.3) is 5.69 Å². The van der Waals surface area contributed by atoms with E-state index in [0.717, 1.165) is 18.4 Å². The van der Waals surface area contributed by atoms with Crippen molar-refractivity contribution in [3.63, 3.8) is 0 Å². The van der Waals surface area contributed by atoms with Crippen molar-refractivity contribution in [3.05, 3.63) is 39.9 Å². The first-order valence-electron chi connectivity index (χ1n) is 5.65. The molecule has 88 valence electrons. The van der Waals surface area contributed by atoms with E-state index in [4.69, 9.17) is 5.73 Å². The SMILES string of the molecule is CCCCCC(N)c1ccc([N+](=O)[O-])cc1. The Hall–Kier alpha value is -1.42. The Kier molecular flexibility index (Phi) is 4.92. The van der Waals surface area contributed by atoms with Crippen molar-refractivity contribution < 1.29 is 4.92 Å². The number of nitro groups is 1. The molecule has 0 aliphatic rings. The lowest BCUT2D eigenvalue weighted by Crippen LogP contribution is -2.09. The van der Waals surface area contributed by atoms with E-state index in [2.05, 4.69) is 6.92 Å². The van der Waals surface area contributed by atoms with E-state index in [-0.39, 0.29) is 11.7 Å². The summed E-state index contributed by atoms with van der Waals surface area (Å²) in [6.07, 6.45) is 4.40. The first-order valence-corrected chi connectivity index (χ1v) is 5.65. The van der Waals surface area contributed by atoms with Crippen molar-refractivity contribution in [1.82, 2.24) is 0 Å². The maximum absolute atomic E-state index is 10.5. The molecule has 4 nitrogen and oxygen atoms in total. The first kappa shape index (κ1) is 12.6. The molecule has 1 atom stereocenters. The highest BCUT2D eigenvalue weighted by molar-refractivity contribution is 5.34. The molecular weight excluding hydrogens is 204 g/mol. The molecule has 1 rings (SSSR count). The van der Waals surface area contributed by atoms with Crippen molar-refractivity contribution in [2.24, 2.45) is 5.73 Å². The zero-order chi connectivity index (χ0) is 12.0. The van der Waals surface area contributed by atoms with E-state index in [0.29, 0.717) is 0 Å². The third-order valence-electron chi connectivity index (χ3n) is 2.65. The Morgan fingerprint density at radius 3 is 2.44 bits per heavy atom. The van der Waals surface area contributed by atoms with Crippen molar-refractivity contribution >= 4 is 5.69 Å². The summed E-state index contributed by atoms with van der Waals surface area (Å²) in [5.41, 5.74) is 7.08. The second-order valence-electron chi connectivity index (χ2n) is 3.95. The number of hydrogen-bond donors (Lipinski definition) is 1.